The van der Waals surface area contributed by atoms with Crippen molar-refractivity contribution in [2.75, 3.05) is 11.8 Å². The number of anilines is 1. The Morgan fingerprint density at radius 2 is 1.76 bits per heavy atom. The molecule has 1 atom stereocenters. The van der Waals surface area contributed by atoms with Crippen molar-refractivity contribution in [2.24, 2.45) is 0 Å². The summed E-state index contributed by atoms with van der Waals surface area (Å²) in [6.45, 7) is 2.03. The largest absolute Gasteiger partial charge is 0.313 e. The van der Waals surface area contributed by atoms with Crippen LogP contribution in [0.5, 0.6) is 0 Å². The average Bonchev–Trinajstić information content (AvgIpc) is 2.46. The Hall–Kier alpha value is -1.85. The van der Waals surface area contributed by atoms with Crippen LogP contribution in [0.2, 0.25) is 0 Å². The smallest absolute Gasteiger partial charge is 0.236 e. The summed E-state index contributed by atoms with van der Waals surface area (Å²) >= 11 is 0. The second-order valence-corrected chi connectivity index (χ2v) is 6.70. The number of nitrogens with one attached hydrogen (secondary N) is 2. The molecule has 0 amide bonds. The summed E-state index contributed by atoms with van der Waals surface area (Å²) in [5.74, 6) is -0.0281. The lowest BCUT2D eigenvalue weighted by molar-refractivity contribution is 0.600. The van der Waals surface area contributed by atoms with Gasteiger partial charge >= 0.3 is 0 Å². The van der Waals surface area contributed by atoms with E-state index in [9.17, 15) is 8.42 Å². The lowest BCUT2D eigenvalue weighted by Gasteiger charge is -2.13. The van der Waals surface area contributed by atoms with Crippen LogP contribution in [0.3, 0.4) is 0 Å². The van der Waals surface area contributed by atoms with Crippen LogP contribution in [0.25, 0.3) is 0 Å². The highest BCUT2D eigenvalue weighted by Gasteiger charge is 2.12. The van der Waals surface area contributed by atoms with Crippen molar-refractivity contribution in [3.8, 4) is 0 Å². The lowest BCUT2D eigenvalue weighted by Crippen LogP contribution is -2.16. The number of benzene rings is 2. The molecule has 21 heavy (non-hydrogen) atoms. The van der Waals surface area contributed by atoms with Gasteiger partial charge in [-0.1, -0.05) is 42.5 Å². The quantitative estimate of drug-likeness (QED) is 0.862. The molecule has 0 fully saturated rings. The molecule has 2 aromatic carbocycles. The molecule has 0 aromatic heterocycles. The van der Waals surface area contributed by atoms with E-state index in [1.165, 1.54) is 0 Å². The Bertz CT molecular complexity index is 684. The predicted octanol–water partition coefficient (Wildman–Crippen LogP) is 2.91. The molecule has 5 heteroatoms. The molecule has 1 unspecified atom stereocenters. The van der Waals surface area contributed by atoms with Gasteiger partial charge in [-0.05, 0) is 37.2 Å². The van der Waals surface area contributed by atoms with Crippen LogP contribution in [0.4, 0.5) is 5.69 Å². The van der Waals surface area contributed by atoms with Crippen molar-refractivity contribution in [2.45, 2.75) is 18.7 Å². The van der Waals surface area contributed by atoms with Gasteiger partial charge in [0.15, 0.2) is 0 Å². The molecule has 0 aliphatic carbocycles. The van der Waals surface area contributed by atoms with E-state index < -0.39 is 10.0 Å². The van der Waals surface area contributed by atoms with Crippen LogP contribution in [-0.4, -0.2) is 15.5 Å². The number of sulfonamides is 1. The van der Waals surface area contributed by atoms with E-state index in [1.807, 2.05) is 50.4 Å². The van der Waals surface area contributed by atoms with E-state index >= 15 is 0 Å². The Morgan fingerprint density at radius 1 is 1.05 bits per heavy atom. The van der Waals surface area contributed by atoms with E-state index in [1.54, 1.807) is 18.2 Å². The van der Waals surface area contributed by atoms with Crippen LogP contribution < -0.4 is 10.0 Å². The lowest BCUT2D eigenvalue weighted by atomic mass is 10.1. The van der Waals surface area contributed by atoms with Crippen LogP contribution in [0.1, 0.15) is 24.1 Å². The van der Waals surface area contributed by atoms with Crippen molar-refractivity contribution in [1.82, 2.24) is 5.32 Å². The standard InChI is InChI=1S/C16H20N2O2S/c1-13(17-2)15-9-6-10-16(11-15)18-21(19,20)12-14-7-4-3-5-8-14/h3-11,13,17-18H,12H2,1-2H3. The van der Waals surface area contributed by atoms with Crippen LogP contribution in [0.15, 0.2) is 54.6 Å². The highest BCUT2D eigenvalue weighted by Crippen LogP contribution is 2.19. The Morgan fingerprint density at radius 3 is 2.43 bits per heavy atom. The van der Waals surface area contributed by atoms with E-state index in [-0.39, 0.29) is 11.8 Å². The van der Waals surface area contributed by atoms with Gasteiger partial charge in [-0.2, -0.15) is 0 Å². The van der Waals surface area contributed by atoms with Gasteiger partial charge in [-0.25, -0.2) is 8.42 Å². The molecule has 2 aromatic rings. The highest BCUT2D eigenvalue weighted by molar-refractivity contribution is 7.91. The summed E-state index contributed by atoms with van der Waals surface area (Å²) in [5, 5.41) is 3.13. The van der Waals surface area contributed by atoms with Crippen molar-refractivity contribution < 1.29 is 8.42 Å². The van der Waals surface area contributed by atoms with Gasteiger partial charge in [0.1, 0.15) is 0 Å². The molecule has 0 heterocycles. The summed E-state index contributed by atoms with van der Waals surface area (Å²) in [6.07, 6.45) is 0. The van der Waals surface area contributed by atoms with Crippen molar-refractivity contribution >= 4 is 15.7 Å². The van der Waals surface area contributed by atoms with E-state index in [0.717, 1.165) is 11.1 Å². The topological polar surface area (TPSA) is 58.2 Å². The molecule has 2 N–H and O–H groups in total. The molecule has 112 valence electrons. The first-order valence-corrected chi connectivity index (χ1v) is 8.47. The van der Waals surface area contributed by atoms with E-state index in [2.05, 4.69) is 10.0 Å². The Balaban J connectivity index is 2.13. The molecule has 0 aliphatic heterocycles. The SMILES string of the molecule is CNC(C)c1cccc(NS(=O)(=O)Cc2ccccc2)c1. The van der Waals surface area contributed by atoms with Crippen molar-refractivity contribution in [3.63, 3.8) is 0 Å². The molecule has 2 rings (SSSR count). The zero-order valence-electron chi connectivity index (χ0n) is 12.2. The van der Waals surface area contributed by atoms with Crippen LogP contribution in [0, 0.1) is 0 Å². The average molecular weight is 304 g/mol. The van der Waals surface area contributed by atoms with Crippen LogP contribution >= 0.6 is 0 Å². The van der Waals surface area contributed by atoms with Gasteiger partial charge in [0.2, 0.25) is 10.0 Å². The summed E-state index contributed by atoms with van der Waals surface area (Å²) in [4.78, 5) is 0. The van der Waals surface area contributed by atoms with Gasteiger partial charge < -0.3 is 5.32 Å². The second kappa shape index (κ2) is 6.74. The molecule has 0 saturated heterocycles. The number of rotatable bonds is 6. The number of hydrogen-bond donors (Lipinski definition) is 2. The third kappa shape index (κ3) is 4.58. The first kappa shape index (κ1) is 15.5. The van der Waals surface area contributed by atoms with Gasteiger partial charge in [0.25, 0.3) is 0 Å². The molecular weight excluding hydrogens is 284 g/mol. The van der Waals surface area contributed by atoms with Gasteiger partial charge in [0.05, 0.1) is 5.75 Å². The summed E-state index contributed by atoms with van der Waals surface area (Å²) in [5.41, 5.74) is 2.40. The number of hydrogen-bond acceptors (Lipinski definition) is 3. The molecule has 0 bridgehead atoms. The fourth-order valence-corrected chi connectivity index (χ4v) is 3.24. The fourth-order valence-electron chi connectivity index (χ4n) is 2.05. The van der Waals surface area contributed by atoms with E-state index in [0.29, 0.717) is 5.69 Å². The van der Waals surface area contributed by atoms with Crippen molar-refractivity contribution in [1.29, 1.82) is 0 Å². The molecule has 4 nitrogen and oxygen atoms in total. The van der Waals surface area contributed by atoms with E-state index in [4.69, 9.17) is 0 Å². The van der Waals surface area contributed by atoms with Gasteiger partial charge in [-0.3, -0.25) is 4.72 Å². The maximum Gasteiger partial charge on any atom is 0.236 e. The minimum absolute atomic E-state index is 0.0281. The zero-order valence-corrected chi connectivity index (χ0v) is 13.0. The molecule has 0 saturated carbocycles. The molecule has 0 radical (unpaired) electrons. The summed E-state index contributed by atoms with van der Waals surface area (Å²) in [7, 11) is -1.54. The highest BCUT2D eigenvalue weighted by atomic mass is 32.2. The van der Waals surface area contributed by atoms with Gasteiger partial charge in [-0.15, -0.1) is 0 Å². The Kier molecular flexibility index (Phi) is 4.98. The zero-order chi connectivity index (χ0) is 15.3. The summed E-state index contributed by atoms with van der Waals surface area (Å²) < 4.78 is 27.0. The van der Waals surface area contributed by atoms with Gasteiger partial charge in [0, 0.05) is 11.7 Å². The third-order valence-corrected chi connectivity index (χ3v) is 4.55. The molecular formula is C16H20N2O2S. The predicted molar refractivity (Wildman–Crippen MR) is 86.6 cm³/mol. The summed E-state index contributed by atoms with van der Waals surface area (Å²) in [6, 6.07) is 16.7. The fraction of sp³-hybridized carbons (Fsp3) is 0.250. The second-order valence-electron chi connectivity index (χ2n) is 4.98. The van der Waals surface area contributed by atoms with Crippen molar-refractivity contribution in [3.05, 3.63) is 65.7 Å². The third-order valence-electron chi connectivity index (χ3n) is 3.29. The Labute approximate surface area is 126 Å². The monoisotopic (exact) mass is 304 g/mol. The maximum atomic E-state index is 12.2. The first-order chi connectivity index (χ1) is 10.00. The molecule has 0 spiro atoms. The minimum atomic E-state index is -3.41. The van der Waals surface area contributed by atoms with Crippen LogP contribution in [-0.2, 0) is 15.8 Å². The molecule has 0 aliphatic rings. The first-order valence-electron chi connectivity index (χ1n) is 6.82. The normalized spacial score (nSPS) is 12.9. The minimum Gasteiger partial charge on any atom is -0.313 e. The maximum absolute atomic E-state index is 12.2.